The van der Waals surface area contributed by atoms with Crippen molar-refractivity contribution in [2.45, 2.75) is 0 Å². The summed E-state index contributed by atoms with van der Waals surface area (Å²) in [4.78, 5) is 7.00. The summed E-state index contributed by atoms with van der Waals surface area (Å²) in [6.07, 6.45) is 0. The largest absolute Gasteiger partial charge is 0.454 e. The molecule has 0 atom stereocenters. The summed E-state index contributed by atoms with van der Waals surface area (Å²) in [6.45, 7) is 0. The number of benzene rings is 6. The summed E-state index contributed by atoms with van der Waals surface area (Å²) in [5, 5.41) is 2.21. The first-order valence-electron chi connectivity index (χ1n) is 13.6. The fraction of sp³-hybridized carbons (Fsp3) is 0. The number of hydrogen-bond donors (Lipinski definition) is 0. The molecule has 0 saturated carbocycles. The topological polar surface area (TPSA) is 42.4 Å². The maximum atomic E-state index is 6.43. The van der Waals surface area contributed by atoms with Crippen LogP contribution in [0.1, 0.15) is 0 Å². The Morgan fingerprint density at radius 1 is 0.463 bits per heavy atom. The Morgan fingerprint density at radius 2 is 1.15 bits per heavy atom. The van der Waals surface area contributed by atoms with Gasteiger partial charge in [-0.15, -0.1) is 0 Å². The highest BCUT2D eigenvalue weighted by Gasteiger charge is 2.19. The molecule has 0 amide bonds. The van der Waals surface area contributed by atoms with E-state index < -0.39 is 0 Å². The maximum Gasteiger partial charge on any atom is 0.227 e. The molecule has 41 heavy (non-hydrogen) atoms. The fourth-order valence-electron chi connectivity index (χ4n) is 5.58. The molecule has 4 nitrogen and oxygen atoms in total. The molecule has 0 saturated heterocycles. The van der Waals surface area contributed by atoms with Crippen LogP contribution in [0.25, 0.3) is 55.6 Å². The number of furan rings is 1. The molecule has 0 aliphatic heterocycles. The van der Waals surface area contributed by atoms with Crippen molar-refractivity contribution in [2.75, 3.05) is 4.90 Å². The van der Waals surface area contributed by atoms with Crippen LogP contribution in [0.15, 0.2) is 154 Å². The summed E-state index contributed by atoms with van der Waals surface area (Å²) >= 11 is 0. The van der Waals surface area contributed by atoms with Crippen LogP contribution in [-0.4, -0.2) is 4.98 Å². The summed E-state index contributed by atoms with van der Waals surface area (Å²) in [5.74, 6) is 0.624. The highest BCUT2D eigenvalue weighted by Crippen LogP contribution is 2.42. The van der Waals surface area contributed by atoms with Crippen molar-refractivity contribution < 1.29 is 8.83 Å². The first-order chi connectivity index (χ1) is 20.3. The van der Waals surface area contributed by atoms with Crippen molar-refractivity contribution in [1.82, 2.24) is 4.98 Å². The quantitative estimate of drug-likeness (QED) is 0.223. The number of para-hydroxylation sites is 4. The number of nitrogens with zero attached hydrogens (tertiary/aromatic N) is 2. The zero-order chi connectivity index (χ0) is 27.2. The lowest BCUT2D eigenvalue weighted by Gasteiger charge is -2.25. The molecule has 0 spiro atoms. The number of rotatable bonds is 5. The van der Waals surface area contributed by atoms with Crippen LogP contribution in [0.5, 0.6) is 0 Å². The van der Waals surface area contributed by atoms with Crippen molar-refractivity contribution in [3.05, 3.63) is 146 Å². The highest BCUT2D eigenvalue weighted by molar-refractivity contribution is 6.10. The Morgan fingerprint density at radius 3 is 1.98 bits per heavy atom. The summed E-state index contributed by atoms with van der Waals surface area (Å²) < 4.78 is 12.7. The minimum absolute atomic E-state index is 0.624. The van der Waals surface area contributed by atoms with Gasteiger partial charge < -0.3 is 13.7 Å². The standard InChI is InChI=1S/C37H24N2O2/c1-3-11-26(12-4-1)37-38-32-18-9-16-29(35(32)41-37)25-21-23-28(24-22-25)39(27-13-5-2-6-14-27)33-19-10-17-31-30-15-7-8-20-34(30)40-36(31)33/h1-24H. The van der Waals surface area contributed by atoms with Gasteiger partial charge in [-0.3, -0.25) is 0 Å². The first-order valence-corrected chi connectivity index (χ1v) is 13.6. The summed E-state index contributed by atoms with van der Waals surface area (Å²) in [7, 11) is 0. The summed E-state index contributed by atoms with van der Waals surface area (Å²) in [6, 6.07) is 49.6. The predicted octanol–water partition coefficient (Wildman–Crippen LogP) is 10.5. The SMILES string of the molecule is c1ccc(-c2nc3cccc(-c4ccc(N(c5ccccc5)c5cccc6c5oc5ccccc56)cc4)c3o2)cc1. The van der Waals surface area contributed by atoms with Crippen molar-refractivity contribution >= 4 is 50.1 Å². The van der Waals surface area contributed by atoms with Gasteiger partial charge in [-0.25, -0.2) is 4.98 Å². The van der Waals surface area contributed by atoms with Gasteiger partial charge in [-0.2, -0.15) is 0 Å². The Hall–Kier alpha value is -5.61. The second-order valence-corrected chi connectivity index (χ2v) is 10.0. The molecule has 8 aromatic rings. The molecular weight excluding hydrogens is 504 g/mol. The second-order valence-electron chi connectivity index (χ2n) is 10.0. The zero-order valence-electron chi connectivity index (χ0n) is 22.1. The molecule has 0 N–H and O–H groups in total. The molecule has 194 valence electrons. The van der Waals surface area contributed by atoms with Gasteiger partial charge in [0.05, 0.1) is 5.69 Å². The molecule has 0 fully saturated rings. The van der Waals surface area contributed by atoms with Crippen LogP contribution in [0.3, 0.4) is 0 Å². The maximum absolute atomic E-state index is 6.43. The molecule has 2 aromatic heterocycles. The molecule has 6 aromatic carbocycles. The van der Waals surface area contributed by atoms with Crippen LogP contribution in [0.2, 0.25) is 0 Å². The van der Waals surface area contributed by atoms with Gasteiger partial charge in [0.2, 0.25) is 5.89 Å². The smallest absolute Gasteiger partial charge is 0.227 e. The number of fused-ring (bicyclic) bond motifs is 4. The van der Waals surface area contributed by atoms with E-state index in [0.29, 0.717) is 5.89 Å². The van der Waals surface area contributed by atoms with Crippen LogP contribution in [-0.2, 0) is 0 Å². The normalized spacial score (nSPS) is 11.4. The highest BCUT2D eigenvalue weighted by atomic mass is 16.3. The molecule has 2 heterocycles. The summed E-state index contributed by atoms with van der Waals surface area (Å²) in [5.41, 5.74) is 9.47. The molecule has 0 aliphatic rings. The van der Waals surface area contributed by atoms with Crippen LogP contribution in [0, 0.1) is 0 Å². The average molecular weight is 529 g/mol. The van der Waals surface area contributed by atoms with Crippen LogP contribution in [0.4, 0.5) is 17.1 Å². The van der Waals surface area contributed by atoms with Crippen LogP contribution >= 0.6 is 0 Å². The van der Waals surface area contributed by atoms with E-state index in [2.05, 4.69) is 89.8 Å². The van der Waals surface area contributed by atoms with Gasteiger partial charge in [0.25, 0.3) is 0 Å². The third-order valence-corrected chi connectivity index (χ3v) is 7.51. The molecular formula is C37H24N2O2. The van der Waals surface area contributed by atoms with E-state index in [-0.39, 0.29) is 0 Å². The van der Waals surface area contributed by atoms with E-state index >= 15 is 0 Å². The van der Waals surface area contributed by atoms with Gasteiger partial charge in [-0.05, 0) is 60.2 Å². The van der Waals surface area contributed by atoms with E-state index in [9.17, 15) is 0 Å². The lowest BCUT2D eigenvalue weighted by molar-refractivity contribution is 0.621. The number of oxazole rings is 1. The van der Waals surface area contributed by atoms with Gasteiger partial charge >= 0.3 is 0 Å². The predicted molar refractivity (Wildman–Crippen MR) is 167 cm³/mol. The first kappa shape index (κ1) is 23.3. The van der Waals surface area contributed by atoms with E-state index in [4.69, 9.17) is 13.8 Å². The van der Waals surface area contributed by atoms with Gasteiger partial charge in [0.1, 0.15) is 11.1 Å². The number of aromatic nitrogens is 1. The third-order valence-electron chi connectivity index (χ3n) is 7.51. The molecule has 8 rings (SSSR count). The van der Waals surface area contributed by atoms with Gasteiger partial charge in [0, 0.05) is 33.3 Å². The van der Waals surface area contributed by atoms with E-state index in [1.54, 1.807) is 0 Å². The van der Waals surface area contributed by atoms with Crippen LogP contribution < -0.4 is 4.90 Å². The minimum atomic E-state index is 0.624. The molecule has 4 heteroatoms. The van der Waals surface area contributed by atoms with E-state index in [0.717, 1.165) is 66.8 Å². The zero-order valence-corrected chi connectivity index (χ0v) is 22.1. The lowest BCUT2D eigenvalue weighted by atomic mass is 10.0. The molecule has 0 aliphatic carbocycles. The molecule has 0 unspecified atom stereocenters. The Balaban J connectivity index is 1.25. The number of hydrogen-bond acceptors (Lipinski definition) is 4. The molecule has 0 bridgehead atoms. The Kier molecular flexibility index (Phi) is 5.42. The third kappa shape index (κ3) is 3.97. The minimum Gasteiger partial charge on any atom is -0.454 e. The van der Waals surface area contributed by atoms with E-state index in [1.807, 2.05) is 60.7 Å². The van der Waals surface area contributed by atoms with Crippen molar-refractivity contribution in [3.8, 4) is 22.6 Å². The van der Waals surface area contributed by atoms with Gasteiger partial charge in [-0.1, -0.05) is 91.0 Å². The molecule has 0 radical (unpaired) electrons. The van der Waals surface area contributed by atoms with Crippen molar-refractivity contribution in [1.29, 1.82) is 0 Å². The van der Waals surface area contributed by atoms with Crippen molar-refractivity contribution in [3.63, 3.8) is 0 Å². The lowest BCUT2D eigenvalue weighted by Crippen LogP contribution is -2.10. The Labute approximate surface area is 236 Å². The number of anilines is 3. The van der Waals surface area contributed by atoms with Gasteiger partial charge in [0.15, 0.2) is 11.2 Å². The van der Waals surface area contributed by atoms with Crippen molar-refractivity contribution in [2.24, 2.45) is 0 Å². The monoisotopic (exact) mass is 528 g/mol. The van der Waals surface area contributed by atoms with E-state index in [1.165, 1.54) is 0 Å². The second kappa shape index (κ2) is 9.54. The fourth-order valence-corrected chi connectivity index (χ4v) is 5.58. The Bertz CT molecular complexity index is 2140. The average Bonchev–Trinajstić information content (AvgIpc) is 3.65.